The Kier molecular flexibility index (Phi) is 7.04. The molecule has 0 saturated heterocycles. The summed E-state index contributed by atoms with van der Waals surface area (Å²) < 4.78 is 5.52. The Morgan fingerprint density at radius 3 is 2.31 bits per heavy atom. The molecule has 1 N–H and O–H groups in total. The van der Waals surface area contributed by atoms with Gasteiger partial charge in [0.25, 0.3) is 11.8 Å². The fraction of sp³-hybridized carbons (Fsp3) is 0.300. The van der Waals surface area contributed by atoms with E-state index in [1.54, 1.807) is 47.4 Å². The van der Waals surface area contributed by atoms with Crippen LogP contribution in [-0.4, -0.2) is 36.4 Å². The number of aryl methyl sites for hydroxylation is 1. The van der Waals surface area contributed by atoms with Gasteiger partial charge in [0.2, 0.25) is 0 Å². The first-order valence-electron chi connectivity index (χ1n) is 8.52. The van der Waals surface area contributed by atoms with Crippen LogP contribution in [0.4, 0.5) is 5.69 Å². The normalized spacial score (nSPS) is 10.3. The minimum Gasteiger partial charge on any atom is -0.483 e. The van der Waals surface area contributed by atoms with Gasteiger partial charge in [-0.15, -0.1) is 0 Å². The van der Waals surface area contributed by atoms with Gasteiger partial charge in [-0.05, 0) is 68.8 Å². The van der Waals surface area contributed by atoms with E-state index in [-0.39, 0.29) is 18.4 Å². The molecule has 2 aromatic carbocycles. The van der Waals surface area contributed by atoms with Crippen LogP contribution in [0.3, 0.4) is 0 Å². The van der Waals surface area contributed by atoms with E-state index in [0.29, 0.717) is 35.1 Å². The van der Waals surface area contributed by atoms with Gasteiger partial charge in [-0.3, -0.25) is 9.59 Å². The summed E-state index contributed by atoms with van der Waals surface area (Å²) >= 11 is 5.90. The lowest BCUT2D eigenvalue weighted by molar-refractivity contribution is -0.118. The minimum absolute atomic E-state index is 0.0191. The zero-order valence-corrected chi connectivity index (χ0v) is 16.0. The summed E-state index contributed by atoms with van der Waals surface area (Å²) in [4.78, 5) is 26.1. The molecule has 0 aliphatic heterocycles. The standard InChI is InChI=1S/C20H23ClN2O3/c1-4-23(5-2)20(25)15-6-9-17(10-7-15)22-19(24)13-26-18-11-8-16(21)12-14(18)3/h6-12H,4-5,13H2,1-3H3,(H,22,24). The fourth-order valence-corrected chi connectivity index (χ4v) is 2.73. The van der Waals surface area contributed by atoms with Crippen LogP contribution in [0.15, 0.2) is 42.5 Å². The molecule has 0 radical (unpaired) electrons. The molecular formula is C20H23ClN2O3. The van der Waals surface area contributed by atoms with Crippen molar-refractivity contribution in [3.05, 3.63) is 58.6 Å². The predicted molar refractivity (Wildman–Crippen MR) is 104 cm³/mol. The second-order valence-electron chi connectivity index (χ2n) is 5.80. The maximum absolute atomic E-state index is 12.3. The van der Waals surface area contributed by atoms with E-state index in [4.69, 9.17) is 16.3 Å². The topological polar surface area (TPSA) is 58.6 Å². The molecule has 2 amide bonds. The first-order chi connectivity index (χ1) is 12.4. The van der Waals surface area contributed by atoms with Crippen molar-refractivity contribution < 1.29 is 14.3 Å². The lowest BCUT2D eigenvalue weighted by Gasteiger charge is -2.18. The largest absolute Gasteiger partial charge is 0.483 e. The van der Waals surface area contributed by atoms with E-state index >= 15 is 0 Å². The average molecular weight is 375 g/mol. The van der Waals surface area contributed by atoms with Gasteiger partial charge in [0.15, 0.2) is 6.61 Å². The van der Waals surface area contributed by atoms with Crippen LogP contribution in [0.5, 0.6) is 5.75 Å². The van der Waals surface area contributed by atoms with Crippen LogP contribution in [-0.2, 0) is 4.79 Å². The van der Waals surface area contributed by atoms with Gasteiger partial charge in [-0.2, -0.15) is 0 Å². The SMILES string of the molecule is CCN(CC)C(=O)c1ccc(NC(=O)COc2ccc(Cl)cc2C)cc1. The Hall–Kier alpha value is -2.53. The number of hydrogen-bond acceptors (Lipinski definition) is 3. The molecule has 0 aromatic heterocycles. The molecule has 0 aliphatic carbocycles. The Labute approximate surface area is 158 Å². The van der Waals surface area contributed by atoms with Crippen LogP contribution in [0.1, 0.15) is 29.8 Å². The van der Waals surface area contributed by atoms with Crippen LogP contribution in [0.25, 0.3) is 0 Å². The molecule has 2 rings (SSSR count). The molecule has 138 valence electrons. The quantitative estimate of drug-likeness (QED) is 0.792. The fourth-order valence-electron chi connectivity index (χ4n) is 2.50. The highest BCUT2D eigenvalue weighted by molar-refractivity contribution is 6.30. The Balaban J connectivity index is 1.92. The summed E-state index contributed by atoms with van der Waals surface area (Å²) in [6.07, 6.45) is 0. The molecular weight excluding hydrogens is 352 g/mol. The summed E-state index contributed by atoms with van der Waals surface area (Å²) in [6, 6.07) is 12.1. The van der Waals surface area contributed by atoms with Crippen LogP contribution in [0.2, 0.25) is 5.02 Å². The third kappa shape index (κ3) is 5.23. The van der Waals surface area contributed by atoms with Crippen molar-refractivity contribution in [2.24, 2.45) is 0 Å². The van der Waals surface area contributed by atoms with Gasteiger partial charge in [0, 0.05) is 29.4 Å². The van der Waals surface area contributed by atoms with Gasteiger partial charge < -0.3 is 15.0 Å². The number of carbonyl (C=O) groups excluding carboxylic acids is 2. The number of nitrogens with one attached hydrogen (secondary N) is 1. The van der Waals surface area contributed by atoms with E-state index in [2.05, 4.69) is 5.32 Å². The van der Waals surface area contributed by atoms with Crippen molar-refractivity contribution in [3.8, 4) is 5.75 Å². The van der Waals surface area contributed by atoms with Crippen molar-refractivity contribution in [3.63, 3.8) is 0 Å². The van der Waals surface area contributed by atoms with Crippen LogP contribution in [0, 0.1) is 6.92 Å². The molecule has 2 aromatic rings. The zero-order chi connectivity index (χ0) is 19.1. The van der Waals surface area contributed by atoms with Crippen molar-refractivity contribution in [2.45, 2.75) is 20.8 Å². The van der Waals surface area contributed by atoms with Gasteiger partial charge in [0.05, 0.1) is 0 Å². The molecule has 0 spiro atoms. The summed E-state index contributed by atoms with van der Waals surface area (Å²) in [6.45, 7) is 6.97. The first-order valence-corrected chi connectivity index (χ1v) is 8.90. The second-order valence-corrected chi connectivity index (χ2v) is 6.24. The number of ether oxygens (including phenoxy) is 1. The first kappa shape index (κ1) is 19.8. The molecule has 0 unspecified atom stereocenters. The highest BCUT2D eigenvalue weighted by Crippen LogP contribution is 2.21. The van der Waals surface area contributed by atoms with E-state index in [1.165, 1.54) is 0 Å². The Bertz CT molecular complexity index is 771. The lowest BCUT2D eigenvalue weighted by atomic mass is 10.2. The number of halogens is 1. The van der Waals surface area contributed by atoms with Crippen LogP contribution < -0.4 is 10.1 Å². The Morgan fingerprint density at radius 2 is 1.73 bits per heavy atom. The molecule has 0 bridgehead atoms. The predicted octanol–water partition coefficient (Wildman–Crippen LogP) is 4.15. The number of benzene rings is 2. The lowest BCUT2D eigenvalue weighted by Crippen LogP contribution is -2.30. The number of hydrogen-bond donors (Lipinski definition) is 1. The average Bonchev–Trinajstić information content (AvgIpc) is 2.62. The van der Waals surface area contributed by atoms with E-state index < -0.39 is 0 Å². The van der Waals surface area contributed by atoms with E-state index in [9.17, 15) is 9.59 Å². The third-order valence-corrected chi connectivity index (χ3v) is 4.20. The van der Waals surface area contributed by atoms with Crippen molar-refractivity contribution in [1.29, 1.82) is 0 Å². The number of rotatable bonds is 7. The van der Waals surface area contributed by atoms with Crippen molar-refractivity contribution in [1.82, 2.24) is 4.90 Å². The summed E-state index contributed by atoms with van der Waals surface area (Å²) in [7, 11) is 0. The molecule has 6 heteroatoms. The number of anilines is 1. The molecule has 0 atom stereocenters. The zero-order valence-electron chi connectivity index (χ0n) is 15.2. The second kappa shape index (κ2) is 9.25. The molecule has 0 fully saturated rings. The molecule has 26 heavy (non-hydrogen) atoms. The van der Waals surface area contributed by atoms with Gasteiger partial charge in [-0.25, -0.2) is 0 Å². The summed E-state index contributed by atoms with van der Waals surface area (Å²) in [5.41, 5.74) is 2.08. The maximum atomic E-state index is 12.3. The summed E-state index contributed by atoms with van der Waals surface area (Å²) in [5.74, 6) is 0.321. The summed E-state index contributed by atoms with van der Waals surface area (Å²) in [5, 5.41) is 3.38. The van der Waals surface area contributed by atoms with Crippen LogP contribution >= 0.6 is 11.6 Å². The highest BCUT2D eigenvalue weighted by atomic mass is 35.5. The molecule has 5 nitrogen and oxygen atoms in total. The van der Waals surface area contributed by atoms with Gasteiger partial charge in [0.1, 0.15) is 5.75 Å². The minimum atomic E-state index is -0.276. The maximum Gasteiger partial charge on any atom is 0.262 e. The highest BCUT2D eigenvalue weighted by Gasteiger charge is 2.12. The van der Waals surface area contributed by atoms with Gasteiger partial charge in [-0.1, -0.05) is 11.6 Å². The number of nitrogens with zero attached hydrogens (tertiary/aromatic N) is 1. The number of carbonyl (C=O) groups is 2. The van der Waals surface area contributed by atoms with E-state index in [1.807, 2.05) is 20.8 Å². The van der Waals surface area contributed by atoms with Gasteiger partial charge >= 0.3 is 0 Å². The van der Waals surface area contributed by atoms with Crippen molar-refractivity contribution in [2.75, 3.05) is 25.0 Å². The van der Waals surface area contributed by atoms with E-state index in [0.717, 1.165) is 5.56 Å². The molecule has 0 saturated carbocycles. The molecule has 0 heterocycles. The Morgan fingerprint density at radius 1 is 1.08 bits per heavy atom. The third-order valence-electron chi connectivity index (χ3n) is 3.96. The van der Waals surface area contributed by atoms with Crippen molar-refractivity contribution >= 4 is 29.1 Å². The number of amides is 2. The monoisotopic (exact) mass is 374 g/mol. The molecule has 0 aliphatic rings. The smallest absolute Gasteiger partial charge is 0.262 e.